The highest BCUT2D eigenvalue weighted by Gasteiger charge is 2.18. The Labute approximate surface area is 100 Å². The Bertz CT molecular complexity index is 330. The van der Waals surface area contributed by atoms with Crippen LogP contribution in [0.15, 0.2) is 24.3 Å². The number of nitrogens with zero attached hydrogens (tertiary/aromatic N) is 1. The number of benzene rings is 1. The van der Waals surface area contributed by atoms with Crippen molar-refractivity contribution in [3.63, 3.8) is 0 Å². The predicted octanol–water partition coefficient (Wildman–Crippen LogP) is 1.89. The van der Waals surface area contributed by atoms with Crippen molar-refractivity contribution in [2.24, 2.45) is 5.73 Å². The number of rotatable bonds is 6. The summed E-state index contributed by atoms with van der Waals surface area (Å²) < 4.78 is 29.7. The predicted molar refractivity (Wildman–Crippen MR) is 63.4 cm³/mol. The molecular weight excluding hydrogens is 226 g/mol. The van der Waals surface area contributed by atoms with Crippen LogP contribution in [0.2, 0.25) is 0 Å². The van der Waals surface area contributed by atoms with Crippen molar-refractivity contribution in [1.82, 2.24) is 4.90 Å². The molecule has 0 spiro atoms. The summed E-state index contributed by atoms with van der Waals surface area (Å²) in [5.74, 6) is 0.737. The van der Waals surface area contributed by atoms with Gasteiger partial charge in [-0.3, -0.25) is 4.90 Å². The third kappa shape index (κ3) is 3.94. The van der Waals surface area contributed by atoms with Gasteiger partial charge in [-0.25, -0.2) is 8.78 Å². The first-order valence-corrected chi connectivity index (χ1v) is 5.41. The molecule has 5 heteroatoms. The summed E-state index contributed by atoms with van der Waals surface area (Å²) in [5.41, 5.74) is 6.55. The Morgan fingerprint density at radius 2 is 1.88 bits per heavy atom. The van der Waals surface area contributed by atoms with Crippen LogP contribution < -0.4 is 10.5 Å². The molecule has 0 bridgehead atoms. The van der Waals surface area contributed by atoms with Crippen LogP contribution in [-0.2, 0) is 0 Å². The van der Waals surface area contributed by atoms with Crippen molar-refractivity contribution in [2.45, 2.75) is 12.5 Å². The zero-order valence-electron chi connectivity index (χ0n) is 10.1. The molecule has 0 heterocycles. The number of halogens is 2. The van der Waals surface area contributed by atoms with Crippen LogP contribution in [-0.4, -0.2) is 38.6 Å². The molecule has 0 amide bonds. The van der Waals surface area contributed by atoms with E-state index in [-0.39, 0.29) is 12.6 Å². The standard InChI is InChI=1S/C12H18F2N2O/c1-16(8-12(13)14)11(7-15)9-3-5-10(17-2)6-4-9/h3-6,11-12H,7-8,15H2,1-2H3. The molecule has 3 nitrogen and oxygen atoms in total. The average molecular weight is 244 g/mol. The molecule has 0 aliphatic rings. The van der Waals surface area contributed by atoms with Crippen LogP contribution in [0.3, 0.4) is 0 Å². The fourth-order valence-electron chi connectivity index (χ4n) is 1.74. The van der Waals surface area contributed by atoms with Gasteiger partial charge >= 0.3 is 0 Å². The third-order valence-corrected chi connectivity index (χ3v) is 2.68. The fraction of sp³-hybridized carbons (Fsp3) is 0.500. The van der Waals surface area contributed by atoms with Crippen LogP contribution >= 0.6 is 0 Å². The van der Waals surface area contributed by atoms with Gasteiger partial charge in [-0.2, -0.15) is 0 Å². The Balaban J connectivity index is 2.77. The molecule has 1 unspecified atom stereocenters. The summed E-state index contributed by atoms with van der Waals surface area (Å²) in [6.07, 6.45) is -2.35. The van der Waals surface area contributed by atoms with Gasteiger partial charge in [0.1, 0.15) is 5.75 Å². The first-order valence-electron chi connectivity index (χ1n) is 5.41. The maximum absolute atomic E-state index is 12.3. The Morgan fingerprint density at radius 1 is 1.29 bits per heavy atom. The topological polar surface area (TPSA) is 38.5 Å². The molecule has 17 heavy (non-hydrogen) atoms. The molecule has 0 fully saturated rings. The van der Waals surface area contributed by atoms with Gasteiger partial charge in [-0.1, -0.05) is 12.1 Å². The molecule has 1 aromatic carbocycles. The number of nitrogens with two attached hydrogens (primary N) is 1. The quantitative estimate of drug-likeness (QED) is 0.830. The van der Waals surface area contributed by atoms with Crippen molar-refractivity contribution >= 4 is 0 Å². The highest BCUT2D eigenvalue weighted by atomic mass is 19.3. The molecule has 2 N–H and O–H groups in total. The largest absolute Gasteiger partial charge is 0.497 e. The molecule has 0 saturated carbocycles. The monoisotopic (exact) mass is 244 g/mol. The van der Waals surface area contributed by atoms with E-state index in [4.69, 9.17) is 10.5 Å². The van der Waals surface area contributed by atoms with E-state index in [1.807, 2.05) is 12.1 Å². The molecule has 0 aliphatic carbocycles. The molecule has 1 aromatic rings. The summed E-state index contributed by atoms with van der Waals surface area (Å²) in [6.45, 7) is 0.0173. The zero-order valence-corrected chi connectivity index (χ0v) is 10.1. The number of hydrogen-bond acceptors (Lipinski definition) is 3. The Hall–Kier alpha value is -1.20. The molecule has 0 aliphatic heterocycles. The first kappa shape index (κ1) is 13.9. The van der Waals surface area contributed by atoms with Crippen molar-refractivity contribution in [1.29, 1.82) is 0 Å². The lowest BCUT2D eigenvalue weighted by Crippen LogP contribution is -2.33. The van der Waals surface area contributed by atoms with E-state index < -0.39 is 6.43 Å². The van der Waals surface area contributed by atoms with E-state index in [1.54, 1.807) is 31.2 Å². The highest BCUT2D eigenvalue weighted by molar-refractivity contribution is 5.29. The van der Waals surface area contributed by atoms with E-state index in [0.29, 0.717) is 6.54 Å². The highest BCUT2D eigenvalue weighted by Crippen LogP contribution is 2.21. The number of likely N-dealkylation sites (N-methyl/N-ethyl adjacent to an activating group) is 1. The van der Waals surface area contributed by atoms with E-state index in [2.05, 4.69) is 0 Å². The average Bonchev–Trinajstić information content (AvgIpc) is 2.30. The van der Waals surface area contributed by atoms with Crippen LogP contribution in [0.5, 0.6) is 5.75 Å². The van der Waals surface area contributed by atoms with Gasteiger partial charge < -0.3 is 10.5 Å². The lowest BCUT2D eigenvalue weighted by Gasteiger charge is -2.27. The first-order chi connectivity index (χ1) is 8.08. The molecule has 96 valence electrons. The number of ether oxygens (including phenoxy) is 1. The van der Waals surface area contributed by atoms with E-state index in [0.717, 1.165) is 11.3 Å². The maximum Gasteiger partial charge on any atom is 0.251 e. The number of hydrogen-bond donors (Lipinski definition) is 1. The van der Waals surface area contributed by atoms with Crippen molar-refractivity contribution < 1.29 is 13.5 Å². The molecular formula is C12H18F2N2O. The SMILES string of the molecule is COc1ccc(C(CN)N(C)CC(F)F)cc1. The minimum absolute atomic E-state index is 0.199. The van der Waals surface area contributed by atoms with Gasteiger partial charge in [0.2, 0.25) is 0 Å². The summed E-state index contributed by atoms with van der Waals surface area (Å²) in [7, 11) is 3.23. The molecule has 1 rings (SSSR count). The zero-order chi connectivity index (χ0) is 12.8. The van der Waals surface area contributed by atoms with E-state index in [1.165, 1.54) is 0 Å². The second-order valence-electron chi connectivity index (χ2n) is 3.86. The fourth-order valence-corrected chi connectivity index (χ4v) is 1.74. The lowest BCUT2D eigenvalue weighted by molar-refractivity contribution is 0.0822. The molecule has 1 atom stereocenters. The number of methoxy groups -OCH3 is 1. The second kappa shape index (κ2) is 6.51. The summed E-state index contributed by atoms with van der Waals surface area (Å²) in [5, 5.41) is 0. The normalized spacial score (nSPS) is 13.1. The Kier molecular flexibility index (Phi) is 5.31. The lowest BCUT2D eigenvalue weighted by atomic mass is 10.1. The minimum Gasteiger partial charge on any atom is -0.497 e. The van der Waals surface area contributed by atoms with Crippen LogP contribution in [0.1, 0.15) is 11.6 Å². The van der Waals surface area contributed by atoms with Crippen LogP contribution in [0, 0.1) is 0 Å². The van der Waals surface area contributed by atoms with Crippen molar-refractivity contribution in [2.75, 3.05) is 27.2 Å². The minimum atomic E-state index is -2.35. The van der Waals surface area contributed by atoms with Gasteiger partial charge in [-0.15, -0.1) is 0 Å². The van der Waals surface area contributed by atoms with Gasteiger partial charge in [0.05, 0.1) is 13.7 Å². The van der Waals surface area contributed by atoms with E-state index in [9.17, 15) is 8.78 Å². The second-order valence-corrected chi connectivity index (χ2v) is 3.86. The summed E-state index contributed by atoms with van der Waals surface area (Å²) >= 11 is 0. The van der Waals surface area contributed by atoms with Gasteiger partial charge in [0.25, 0.3) is 6.43 Å². The smallest absolute Gasteiger partial charge is 0.251 e. The summed E-state index contributed by atoms with van der Waals surface area (Å²) in [4.78, 5) is 1.56. The Morgan fingerprint density at radius 3 is 2.29 bits per heavy atom. The molecule has 0 radical (unpaired) electrons. The van der Waals surface area contributed by atoms with Gasteiger partial charge in [-0.05, 0) is 24.7 Å². The molecule has 0 saturated heterocycles. The van der Waals surface area contributed by atoms with Crippen LogP contribution in [0.25, 0.3) is 0 Å². The van der Waals surface area contributed by atoms with E-state index >= 15 is 0 Å². The van der Waals surface area contributed by atoms with Gasteiger partial charge in [0.15, 0.2) is 0 Å². The third-order valence-electron chi connectivity index (χ3n) is 2.68. The van der Waals surface area contributed by atoms with Gasteiger partial charge in [0, 0.05) is 12.6 Å². The van der Waals surface area contributed by atoms with Crippen molar-refractivity contribution in [3.05, 3.63) is 29.8 Å². The maximum atomic E-state index is 12.3. The van der Waals surface area contributed by atoms with Crippen LogP contribution in [0.4, 0.5) is 8.78 Å². The van der Waals surface area contributed by atoms with Crippen molar-refractivity contribution in [3.8, 4) is 5.75 Å². The molecule has 0 aromatic heterocycles. The number of alkyl halides is 2. The summed E-state index contributed by atoms with van der Waals surface area (Å²) in [6, 6.07) is 7.09.